The van der Waals surface area contributed by atoms with Gasteiger partial charge in [0.1, 0.15) is 6.54 Å². The van der Waals surface area contributed by atoms with Gasteiger partial charge in [-0.25, -0.2) is 9.37 Å². The highest BCUT2D eigenvalue weighted by Crippen LogP contribution is 2.23. The summed E-state index contributed by atoms with van der Waals surface area (Å²) >= 11 is 1.23. The van der Waals surface area contributed by atoms with Crippen LogP contribution in [0.1, 0.15) is 0 Å². The van der Waals surface area contributed by atoms with Crippen molar-refractivity contribution in [3.8, 4) is 0 Å². The van der Waals surface area contributed by atoms with Crippen LogP contribution in [0.25, 0.3) is 0 Å². The average molecular weight is 327 g/mol. The Morgan fingerprint density at radius 1 is 1.45 bits per heavy atom. The first-order valence-corrected chi connectivity index (χ1v) is 7.71. The Bertz CT molecular complexity index is 574. The van der Waals surface area contributed by atoms with E-state index in [0.717, 1.165) is 4.90 Å². The van der Waals surface area contributed by atoms with Crippen molar-refractivity contribution in [2.45, 2.75) is 12.1 Å². The van der Waals surface area contributed by atoms with E-state index in [2.05, 4.69) is 11.6 Å². The van der Waals surface area contributed by atoms with Crippen LogP contribution in [-0.4, -0.2) is 92.7 Å². The fourth-order valence-electron chi connectivity index (χ4n) is 2.24. The summed E-state index contributed by atoms with van der Waals surface area (Å²) in [6.07, 6.45) is 0.772. The molecular formula is C13H19N4O4S+. The smallest absolute Gasteiger partial charge is 0.358 e. The van der Waals surface area contributed by atoms with Gasteiger partial charge in [-0.15, -0.1) is 0 Å². The van der Waals surface area contributed by atoms with Crippen LogP contribution in [0.15, 0.2) is 17.6 Å². The summed E-state index contributed by atoms with van der Waals surface area (Å²) in [5.41, 5.74) is 0. The summed E-state index contributed by atoms with van der Waals surface area (Å²) in [5.74, 6) is 0.267. The minimum Gasteiger partial charge on any atom is -0.394 e. The number of amides is 3. The van der Waals surface area contributed by atoms with Crippen LogP contribution in [-0.2, 0) is 4.79 Å². The van der Waals surface area contributed by atoms with Crippen molar-refractivity contribution in [2.24, 2.45) is 4.99 Å². The van der Waals surface area contributed by atoms with Gasteiger partial charge in [-0.3, -0.25) is 14.6 Å². The third kappa shape index (κ3) is 2.79. The number of fused-ring (bicyclic) bond motifs is 1. The number of aliphatic imine (C=N–C) groups is 1. The zero-order valence-electron chi connectivity index (χ0n) is 12.5. The summed E-state index contributed by atoms with van der Waals surface area (Å²) in [7, 11) is 3.00. The van der Waals surface area contributed by atoms with Crippen LogP contribution in [0.2, 0.25) is 0 Å². The van der Waals surface area contributed by atoms with E-state index in [1.54, 1.807) is 17.7 Å². The number of carbonyl (C=O) groups is 2. The maximum absolute atomic E-state index is 12.4. The Balaban J connectivity index is 2.33. The molecule has 1 fully saturated rings. The third-order valence-electron chi connectivity index (χ3n) is 3.44. The maximum atomic E-state index is 12.4. The zero-order chi connectivity index (χ0) is 16.4. The van der Waals surface area contributed by atoms with Crippen molar-refractivity contribution < 1.29 is 24.4 Å². The standard InChI is InChI=1S/C13H19N4O4S/c1-4-5-17-9-10(14-12(17)22-7-8(19)6-18)15(2)13(21)16(3)11(9)20/h4,8-9,18-19H,1,5-7H2,2-3H3/q+1. The van der Waals surface area contributed by atoms with E-state index < -0.39 is 18.2 Å². The van der Waals surface area contributed by atoms with E-state index in [1.807, 2.05) is 0 Å². The van der Waals surface area contributed by atoms with Crippen LogP contribution in [0.4, 0.5) is 4.79 Å². The zero-order valence-corrected chi connectivity index (χ0v) is 13.3. The molecule has 3 amide bonds. The SMILES string of the molecule is C=CC[N+]1=C(SCC(O)CO)N=C2C1C(=O)N(C)C(=O)N2C. The second kappa shape index (κ2) is 6.59. The predicted octanol–water partition coefficient (Wildman–Crippen LogP) is -1.07. The van der Waals surface area contributed by atoms with E-state index in [1.165, 1.54) is 23.7 Å². The summed E-state index contributed by atoms with van der Waals surface area (Å²) in [6.45, 7) is 3.72. The van der Waals surface area contributed by atoms with Gasteiger partial charge >= 0.3 is 11.2 Å². The highest BCUT2D eigenvalue weighted by molar-refractivity contribution is 8.13. The first-order chi connectivity index (χ1) is 10.4. The van der Waals surface area contributed by atoms with Crippen LogP contribution in [0.5, 0.6) is 0 Å². The first-order valence-electron chi connectivity index (χ1n) is 6.72. The van der Waals surface area contributed by atoms with E-state index in [4.69, 9.17) is 5.11 Å². The molecule has 0 radical (unpaired) electrons. The molecule has 2 aliphatic heterocycles. The minimum atomic E-state index is -0.872. The molecule has 9 heteroatoms. The van der Waals surface area contributed by atoms with Crippen molar-refractivity contribution in [3.63, 3.8) is 0 Å². The second-order valence-corrected chi connectivity index (χ2v) is 5.97. The highest BCUT2D eigenvalue weighted by atomic mass is 32.2. The van der Waals surface area contributed by atoms with E-state index >= 15 is 0 Å². The first kappa shape index (κ1) is 16.7. The number of likely N-dealkylation sites (N-methyl/N-ethyl adjacent to an activating group) is 2. The number of aliphatic hydroxyl groups is 2. The maximum Gasteiger partial charge on any atom is 0.358 e. The lowest BCUT2D eigenvalue weighted by Crippen LogP contribution is -2.61. The van der Waals surface area contributed by atoms with Gasteiger partial charge in [0.15, 0.2) is 0 Å². The molecule has 120 valence electrons. The molecule has 0 bridgehead atoms. The molecule has 2 atom stereocenters. The average Bonchev–Trinajstić information content (AvgIpc) is 2.87. The lowest BCUT2D eigenvalue weighted by molar-refractivity contribution is -0.522. The monoisotopic (exact) mass is 327 g/mol. The lowest BCUT2D eigenvalue weighted by atomic mass is 10.1. The normalized spacial score (nSPS) is 22.9. The van der Waals surface area contributed by atoms with Gasteiger partial charge in [0.05, 0.1) is 12.7 Å². The van der Waals surface area contributed by atoms with Gasteiger partial charge in [0, 0.05) is 19.8 Å². The Labute approximate surface area is 132 Å². The summed E-state index contributed by atoms with van der Waals surface area (Å²) in [5, 5.41) is 18.9. The molecule has 0 aromatic rings. The van der Waals surface area contributed by atoms with Gasteiger partial charge in [-0.2, -0.15) is 0 Å². The number of thioether (sulfide) groups is 1. The minimum absolute atomic E-state index is 0.241. The summed E-state index contributed by atoms with van der Waals surface area (Å²) in [6, 6.07) is -1.10. The number of rotatable bonds is 5. The number of carbonyl (C=O) groups excluding carboxylic acids is 2. The molecule has 2 N–H and O–H groups in total. The van der Waals surface area contributed by atoms with Crippen LogP contribution in [0, 0.1) is 0 Å². The Hall–Kier alpha value is -1.71. The highest BCUT2D eigenvalue weighted by Gasteiger charge is 2.52. The quantitative estimate of drug-likeness (QED) is 0.495. The van der Waals surface area contributed by atoms with Gasteiger partial charge in [0.25, 0.3) is 17.8 Å². The Morgan fingerprint density at radius 2 is 2.14 bits per heavy atom. The fraction of sp³-hybridized carbons (Fsp3) is 0.538. The van der Waals surface area contributed by atoms with Crippen LogP contribution in [0.3, 0.4) is 0 Å². The Kier molecular flexibility index (Phi) is 4.99. The number of imide groups is 1. The molecule has 1 saturated heterocycles. The number of aliphatic hydroxyl groups excluding tert-OH is 2. The predicted molar refractivity (Wildman–Crippen MR) is 83.0 cm³/mol. The third-order valence-corrected chi connectivity index (χ3v) is 4.57. The molecule has 2 unspecified atom stereocenters. The topological polar surface area (TPSA) is 96.5 Å². The number of hydrogen-bond donors (Lipinski definition) is 2. The van der Waals surface area contributed by atoms with Crippen molar-refractivity contribution in [1.82, 2.24) is 9.80 Å². The molecule has 2 heterocycles. The van der Waals surface area contributed by atoms with Gasteiger partial charge in [-0.1, -0.05) is 12.7 Å². The summed E-state index contributed by atoms with van der Waals surface area (Å²) < 4.78 is 1.73. The van der Waals surface area contributed by atoms with Crippen LogP contribution < -0.4 is 0 Å². The molecule has 0 aromatic carbocycles. The van der Waals surface area contributed by atoms with Crippen molar-refractivity contribution >= 4 is 34.7 Å². The van der Waals surface area contributed by atoms with Crippen molar-refractivity contribution in [3.05, 3.63) is 12.7 Å². The number of hydrogen-bond acceptors (Lipinski definition) is 6. The van der Waals surface area contributed by atoms with E-state index in [-0.39, 0.29) is 18.3 Å². The summed E-state index contributed by atoms with van der Waals surface area (Å²) in [4.78, 5) is 31.2. The number of urea groups is 1. The second-order valence-electron chi connectivity index (χ2n) is 4.98. The molecule has 0 aromatic heterocycles. The van der Waals surface area contributed by atoms with Crippen molar-refractivity contribution in [1.29, 1.82) is 0 Å². The van der Waals surface area contributed by atoms with E-state index in [9.17, 15) is 14.7 Å². The Morgan fingerprint density at radius 3 is 2.73 bits per heavy atom. The van der Waals surface area contributed by atoms with Gasteiger partial charge in [0.2, 0.25) is 0 Å². The molecule has 0 saturated carbocycles. The number of nitrogens with zero attached hydrogens (tertiary/aromatic N) is 4. The number of amidine groups is 2. The molecule has 22 heavy (non-hydrogen) atoms. The largest absolute Gasteiger partial charge is 0.394 e. The fourth-order valence-corrected chi connectivity index (χ4v) is 3.19. The van der Waals surface area contributed by atoms with Gasteiger partial charge in [-0.05, 0) is 16.8 Å². The van der Waals surface area contributed by atoms with Crippen molar-refractivity contribution in [2.75, 3.05) is 33.0 Å². The molecular weight excluding hydrogens is 308 g/mol. The molecule has 0 aliphatic carbocycles. The van der Waals surface area contributed by atoms with Gasteiger partial charge < -0.3 is 10.2 Å². The van der Waals surface area contributed by atoms with E-state index in [0.29, 0.717) is 17.5 Å². The molecule has 0 spiro atoms. The van der Waals surface area contributed by atoms with Crippen LogP contribution >= 0.6 is 11.8 Å². The lowest BCUT2D eigenvalue weighted by Gasteiger charge is -2.30. The molecule has 2 aliphatic rings. The molecule has 2 rings (SSSR count). The molecule has 8 nitrogen and oxygen atoms in total.